The van der Waals surface area contributed by atoms with Crippen molar-refractivity contribution in [1.29, 1.82) is 0 Å². The lowest BCUT2D eigenvalue weighted by molar-refractivity contribution is -0.118. The number of methoxy groups -OCH3 is 2. The quantitative estimate of drug-likeness (QED) is 0.296. The molecular weight excluding hydrogens is 544 g/mol. The van der Waals surface area contributed by atoms with E-state index in [-0.39, 0.29) is 6.42 Å². The Morgan fingerprint density at radius 2 is 1.61 bits per heavy atom. The fourth-order valence-corrected chi connectivity index (χ4v) is 4.43. The topological polar surface area (TPSA) is 102 Å². The van der Waals surface area contributed by atoms with E-state index in [1.54, 1.807) is 18.2 Å². The summed E-state index contributed by atoms with van der Waals surface area (Å²) in [6, 6.07) is 21.1. The molecule has 1 unspecified atom stereocenters. The van der Waals surface area contributed by atoms with Crippen LogP contribution in [0.5, 0.6) is 11.5 Å². The summed E-state index contributed by atoms with van der Waals surface area (Å²) in [5.74, 6) is 0.104. The van der Waals surface area contributed by atoms with Gasteiger partial charge in [0.2, 0.25) is 11.0 Å². The van der Waals surface area contributed by atoms with Crippen molar-refractivity contribution in [2.75, 3.05) is 19.5 Å². The number of ether oxygens (including phenoxy) is 2. The zero-order valence-electron chi connectivity index (χ0n) is 19.5. The van der Waals surface area contributed by atoms with Gasteiger partial charge in [-0.1, -0.05) is 69.7 Å². The Kier molecular flexibility index (Phi) is 8.29. The van der Waals surface area contributed by atoms with Gasteiger partial charge in [0.15, 0.2) is 0 Å². The first-order chi connectivity index (χ1) is 17.4. The lowest BCUT2D eigenvalue weighted by atomic mass is 10.0. The fourth-order valence-electron chi connectivity index (χ4n) is 3.41. The van der Waals surface area contributed by atoms with Crippen LogP contribution in [-0.2, 0) is 11.2 Å². The normalized spacial score (nSPS) is 11.4. The van der Waals surface area contributed by atoms with E-state index in [2.05, 4.69) is 36.8 Å². The molecule has 184 valence electrons. The summed E-state index contributed by atoms with van der Waals surface area (Å²) >= 11 is 4.67. The minimum Gasteiger partial charge on any atom is -0.497 e. The van der Waals surface area contributed by atoms with E-state index in [1.807, 2.05) is 54.6 Å². The zero-order chi connectivity index (χ0) is 25.5. The Balaban J connectivity index is 1.54. The van der Waals surface area contributed by atoms with E-state index in [9.17, 15) is 9.59 Å². The van der Waals surface area contributed by atoms with E-state index in [4.69, 9.17) is 9.47 Å². The van der Waals surface area contributed by atoms with Crippen molar-refractivity contribution in [3.05, 3.63) is 88.4 Å². The lowest BCUT2D eigenvalue weighted by Crippen LogP contribution is -2.45. The number of hydrogen-bond donors (Lipinski definition) is 2. The molecular formula is C26H23BrN4O4S. The van der Waals surface area contributed by atoms with Crippen molar-refractivity contribution in [2.24, 2.45) is 0 Å². The number of carbonyl (C=O) groups excluding carboxylic acids is 2. The summed E-state index contributed by atoms with van der Waals surface area (Å²) in [6.45, 7) is 0. The number of rotatable bonds is 9. The van der Waals surface area contributed by atoms with Gasteiger partial charge in [-0.3, -0.25) is 14.9 Å². The summed E-state index contributed by atoms with van der Waals surface area (Å²) in [5, 5.41) is 14.9. The van der Waals surface area contributed by atoms with E-state index in [0.717, 1.165) is 15.6 Å². The highest BCUT2D eigenvalue weighted by Crippen LogP contribution is 2.28. The van der Waals surface area contributed by atoms with Crippen LogP contribution >= 0.6 is 27.3 Å². The number of halogens is 1. The molecule has 3 aromatic carbocycles. The van der Waals surface area contributed by atoms with E-state index in [1.165, 1.54) is 25.6 Å². The van der Waals surface area contributed by atoms with E-state index < -0.39 is 17.9 Å². The van der Waals surface area contributed by atoms with Gasteiger partial charge in [0, 0.05) is 28.1 Å². The number of benzene rings is 3. The molecule has 4 rings (SSSR count). The second-order valence-electron chi connectivity index (χ2n) is 7.73. The smallest absolute Gasteiger partial charge is 0.252 e. The molecule has 1 heterocycles. The Hall–Kier alpha value is -3.76. The summed E-state index contributed by atoms with van der Waals surface area (Å²) in [4.78, 5) is 26.4. The number of aromatic nitrogens is 2. The highest BCUT2D eigenvalue weighted by atomic mass is 79.9. The molecule has 1 atom stereocenters. The predicted molar refractivity (Wildman–Crippen MR) is 143 cm³/mol. The molecule has 0 saturated heterocycles. The number of amides is 2. The van der Waals surface area contributed by atoms with Gasteiger partial charge in [0.05, 0.1) is 14.2 Å². The molecule has 0 aliphatic carbocycles. The van der Waals surface area contributed by atoms with Crippen LogP contribution in [0.1, 0.15) is 15.9 Å². The standard InChI is InChI=1S/C26H23BrN4O4S/c1-34-20-13-18(14-21(15-20)35-2)23(32)28-22(12-16-6-4-3-5-7-16)24(33)29-26-31-30-25(36-26)17-8-10-19(27)11-9-17/h3-11,13-15,22H,12H2,1-2H3,(H,28,32)(H,29,31,33). The highest BCUT2D eigenvalue weighted by molar-refractivity contribution is 9.10. The zero-order valence-corrected chi connectivity index (χ0v) is 21.9. The van der Waals surface area contributed by atoms with Crippen molar-refractivity contribution >= 4 is 44.2 Å². The monoisotopic (exact) mass is 566 g/mol. The lowest BCUT2D eigenvalue weighted by Gasteiger charge is -2.18. The van der Waals surface area contributed by atoms with Crippen LogP contribution in [-0.4, -0.2) is 42.3 Å². The molecule has 1 aromatic heterocycles. The molecule has 36 heavy (non-hydrogen) atoms. The molecule has 2 N–H and O–H groups in total. The van der Waals surface area contributed by atoms with Gasteiger partial charge in [-0.05, 0) is 29.8 Å². The average molecular weight is 567 g/mol. The number of nitrogens with zero attached hydrogens (tertiary/aromatic N) is 2. The third kappa shape index (κ3) is 6.46. The van der Waals surface area contributed by atoms with E-state index >= 15 is 0 Å². The van der Waals surface area contributed by atoms with Crippen LogP contribution in [0.4, 0.5) is 5.13 Å². The molecule has 0 bridgehead atoms. The molecule has 0 spiro atoms. The van der Waals surface area contributed by atoms with Gasteiger partial charge in [0.25, 0.3) is 5.91 Å². The van der Waals surface area contributed by atoms with Gasteiger partial charge in [-0.15, -0.1) is 10.2 Å². The van der Waals surface area contributed by atoms with Crippen LogP contribution in [0.15, 0.2) is 77.3 Å². The largest absolute Gasteiger partial charge is 0.497 e. The van der Waals surface area contributed by atoms with Crippen LogP contribution in [0.25, 0.3) is 10.6 Å². The minimum atomic E-state index is -0.864. The van der Waals surface area contributed by atoms with Gasteiger partial charge < -0.3 is 14.8 Å². The summed E-state index contributed by atoms with van der Waals surface area (Å²) in [6.07, 6.45) is 0.290. The van der Waals surface area contributed by atoms with Crippen molar-refractivity contribution in [2.45, 2.75) is 12.5 Å². The van der Waals surface area contributed by atoms with E-state index in [0.29, 0.717) is 27.2 Å². The molecule has 10 heteroatoms. The molecule has 0 saturated carbocycles. The summed E-state index contributed by atoms with van der Waals surface area (Å²) in [5.41, 5.74) is 2.09. The minimum absolute atomic E-state index is 0.290. The molecule has 0 aliphatic heterocycles. The number of hydrogen-bond acceptors (Lipinski definition) is 7. The van der Waals surface area contributed by atoms with Gasteiger partial charge in [-0.2, -0.15) is 0 Å². The predicted octanol–water partition coefficient (Wildman–Crippen LogP) is 4.96. The summed E-state index contributed by atoms with van der Waals surface area (Å²) in [7, 11) is 3.01. The Morgan fingerprint density at radius 1 is 0.944 bits per heavy atom. The second-order valence-corrected chi connectivity index (χ2v) is 9.62. The van der Waals surface area contributed by atoms with Crippen LogP contribution in [0, 0.1) is 0 Å². The first kappa shape index (κ1) is 25.3. The number of anilines is 1. The second kappa shape index (κ2) is 11.8. The van der Waals surface area contributed by atoms with Crippen molar-refractivity contribution < 1.29 is 19.1 Å². The van der Waals surface area contributed by atoms with Crippen molar-refractivity contribution in [1.82, 2.24) is 15.5 Å². The molecule has 8 nitrogen and oxygen atoms in total. The van der Waals surface area contributed by atoms with Crippen LogP contribution in [0.3, 0.4) is 0 Å². The van der Waals surface area contributed by atoms with Gasteiger partial charge >= 0.3 is 0 Å². The maximum Gasteiger partial charge on any atom is 0.252 e. The van der Waals surface area contributed by atoms with Crippen molar-refractivity contribution in [3.8, 4) is 22.1 Å². The number of carbonyl (C=O) groups is 2. The highest BCUT2D eigenvalue weighted by Gasteiger charge is 2.24. The summed E-state index contributed by atoms with van der Waals surface area (Å²) < 4.78 is 11.5. The van der Waals surface area contributed by atoms with Gasteiger partial charge in [0.1, 0.15) is 22.5 Å². The Bertz CT molecular complexity index is 1320. The molecule has 0 aliphatic rings. The fraction of sp³-hybridized carbons (Fsp3) is 0.154. The number of nitrogens with one attached hydrogen (secondary N) is 2. The van der Waals surface area contributed by atoms with Gasteiger partial charge in [-0.25, -0.2) is 0 Å². The third-order valence-electron chi connectivity index (χ3n) is 5.26. The van der Waals surface area contributed by atoms with Crippen LogP contribution < -0.4 is 20.1 Å². The Labute approximate surface area is 220 Å². The first-order valence-corrected chi connectivity index (χ1v) is 12.5. The third-order valence-corrected chi connectivity index (χ3v) is 6.68. The maximum absolute atomic E-state index is 13.3. The maximum atomic E-state index is 13.3. The van der Waals surface area contributed by atoms with Crippen molar-refractivity contribution in [3.63, 3.8) is 0 Å². The SMILES string of the molecule is COc1cc(OC)cc(C(=O)NC(Cc2ccccc2)C(=O)Nc2nnc(-c3ccc(Br)cc3)s2)c1. The average Bonchev–Trinajstić information content (AvgIpc) is 3.37. The molecule has 4 aromatic rings. The van der Waals surface area contributed by atoms with Crippen LogP contribution in [0.2, 0.25) is 0 Å². The molecule has 0 radical (unpaired) electrons. The Morgan fingerprint density at radius 3 is 2.25 bits per heavy atom. The first-order valence-electron chi connectivity index (χ1n) is 10.9. The molecule has 2 amide bonds. The molecule has 0 fully saturated rings.